The fraction of sp³-hybridized carbons (Fsp3) is 0.600. The fourth-order valence-corrected chi connectivity index (χ4v) is 4.53. The number of rotatable bonds is 6. The minimum absolute atomic E-state index is 0.173. The van der Waals surface area contributed by atoms with Crippen molar-refractivity contribution in [3.8, 4) is 0 Å². The predicted molar refractivity (Wildman–Crippen MR) is 75.9 cm³/mol. The van der Waals surface area contributed by atoms with Gasteiger partial charge >= 0.3 is 0 Å². The summed E-state index contributed by atoms with van der Waals surface area (Å²) >= 11 is 0. The van der Waals surface area contributed by atoms with Crippen molar-refractivity contribution in [1.82, 2.24) is 0 Å². The number of aryl methyl sites for hydroxylation is 1. The molecule has 0 unspecified atom stereocenters. The van der Waals surface area contributed by atoms with E-state index in [0.29, 0.717) is 4.90 Å². The molecular formula is C15H22O3S. The molecule has 3 nitrogen and oxygen atoms in total. The van der Waals surface area contributed by atoms with E-state index in [-0.39, 0.29) is 11.9 Å². The van der Waals surface area contributed by atoms with Crippen LogP contribution in [-0.2, 0) is 16.3 Å². The number of aliphatic hydroxyl groups excluding tert-OH is 1. The normalized spacial score (nSPS) is 16.9. The van der Waals surface area contributed by atoms with Crippen LogP contribution in [-0.4, -0.2) is 25.4 Å². The van der Waals surface area contributed by atoms with E-state index in [4.69, 9.17) is 5.11 Å². The third-order valence-corrected chi connectivity index (χ3v) is 6.14. The minimum atomic E-state index is -3.12. The monoisotopic (exact) mass is 282 g/mol. The lowest BCUT2D eigenvalue weighted by atomic mass is 10.1. The van der Waals surface area contributed by atoms with Crippen LogP contribution in [0.15, 0.2) is 29.2 Å². The number of benzene rings is 1. The van der Waals surface area contributed by atoms with Gasteiger partial charge in [0.2, 0.25) is 0 Å². The standard InChI is InChI=1S/C15H22O3S/c16-12-4-3-5-13-8-10-15(11-9-13)19(17,18)14-6-1-2-7-14/h8-11,14,16H,1-7,12H2. The topological polar surface area (TPSA) is 54.4 Å². The highest BCUT2D eigenvalue weighted by molar-refractivity contribution is 7.92. The summed E-state index contributed by atoms with van der Waals surface area (Å²) in [6.45, 7) is 0.216. The molecule has 0 heterocycles. The highest BCUT2D eigenvalue weighted by Crippen LogP contribution is 2.29. The summed E-state index contributed by atoms with van der Waals surface area (Å²) in [5, 5.41) is 8.56. The number of aliphatic hydroxyl groups is 1. The highest BCUT2D eigenvalue weighted by Gasteiger charge is 2.29. The SMILES string of the molecule is O=S(=O)(c1ccc(CCCCO)cc1)C1CCCC1. The molecule has 0 saturated heterocycles. The van der Waals surface area contributed by atoms with E-state index in [2.05, 4.69) is 0 Å². The molecule has 0 aromatic heterocycles. The van der Waals surface area contributed by atoms with Crippen LogP contribution in [0.4, 0.5) is 0 Å². The molecule has 0 aliphatic heterocycles. The van der Waals surface area contributed by atoms with Crippen molar-refractivity contribution in [3.63, 3.8) is 0 Å². The van der Waals surface area contributed by atoms with Crippen LogP contribution in [0.2, 0.25) is 0 Å². The van der Waals surface area contributed by atoms with Crippen LogP contribution < -0.4 is 0 Å². The molecule has 0 spiro atoms. The molecule has 0 amide bonds. The van der Waals surface area contributed by atoms with Gasteiger partial charge in [-0.1, -0.05) is 25.0 Å². The lowest BCUT2D eigenvalue weighted by Gasteiger charge is -2.11. The summed E-state index contributed by atoms with van der Waals surface area (Å²) in [4.78, 5) is 0.463. The number of hydrogen-bond donors (Lipinski definition) is 1. The smallest absolute Gasteiger partial charge is 0.181 e. The van der Waals surface area contributed by atoms with Crippen molar-refractivity contribution >= 4 is 9.84 Å². The molecule has 19 heavy (non-hydrogen) atoms. The van der Waals surface area contributed by atoms with E-state index in [9.17, 15) is 8.42 Å². The van der Waals surface area contributed by atoms with Crippen LogP contribution in [0.5, 0.6) is 0 Å². The largest absolute Gasteiger partial charge is 0.396 e. The van der Waals surface area contributed by atoms with Crippen molar-refractivity contribution in [2.75, 3.05) is 6.61 Å². The zero-order valence-corrected chi connectivity index (χ0v) is 12.0. The summed E-state index contributed by atoms with van der Waals surface area (Å²) in [5.74, 6) is 0. The van der Waals surface area contributed by atoms with Gasteiger partial charge in [0.25, 0.3) is 0 Å². The van der Waals surface area contributed by atoms with E-state index in [1.165, 1.54) is 0 Å². The molecule has 1 aromatic carbocycles. The van der Waals surface area contributed by atoms with Gasteiger partial charge < -0.3 is 5.11 Å². The summed E-state index contributed by atoms with van der Waals surface area (Å²) in [7, 11) is -3.12. The van der Waals surface area contributed by atoms with Crippen LogP contribution in [0, 0.1) is 0 Å². The third-order valence-electron chi connectivity index (χ3n) is 3.87. The van der Waals surface area contributed by atoms with Gasteiger partial charge in [-0.05, 0) is 49.8 Å². The van der Waals surface area contributed by atoms with Crippen LogP contribution in [0.3, 0.4) is 0 Å². The second-order valence-electron chi connectivity index (χ2n) is 5.28. The van der Waals surface area contributed by atoms with Gasteiger partial charge in [-0.25, -0.2) is 8.42 Å². The second kappa shape index (κ2) is 6.53. The van der Waals surface area contributed by atoms with E-state index in [1.54, 1.807) is 12.1 Å². The quantitative estimate of drug-likeness (QED) is 0.816. The van der Waals surface area contributed by atoms with E-state index >= 15 is 0 Å². The van der Waals surface area contributed by atoms with Crippen molar-refractivity contribution in [1.29, 1.82) is 0 Å². The maximum absolute atomic E-state index is 12.4. The summed E-state index contributed by atoms with van der Waals surface area (Å²) in [5.41, 5.74) is 1.14. The molecule has 106 valence electrons. The van der Waals surface area contributed by atoms with Crippen LogP contribution in [0.25, 0.3) is 0 Å². The lowest BCUT2D eigenvalue weighted by Crippen LogP contribution is -2.17. The van der Waals surface area contributed by atoms with Gasteiger partial charge in [-0.2, -0.15) is 0 Å². The van der Waals surface area contributed by atoms with Crippen LogP contribution in [0.1, 0.15) is 44.1 Å². The maximum Gasteiger partial charge on any atom is 0.181 e. The maximum atomic E-state index is 12.4. The molecule has 1 saturated carbocycles. The molecule has 4 heteroatoms. The molecule has 1 aromatic rings. The predicted octanol–water partition coefficient (Wildman–Crippen LogP) is 2.72. The zero-order chi connectivity index (χ0) is 13.7. The Morgan fingerprint density at radius 3 is 2.26 bits per heavy atom. The van der Waals surface area contributed by atoms with Gasteiger partial charge in [0.1, 0.15) is 0 Å². The molecule has 2 rings (SSSR count). The zero-order valence-electron chi connectivity index (χ0n) is 11.2. The molecule has 1 N–H and O–H groups in total. The Balaban J connectivity index is 2.05. The van der Waals surface area contributed by atoms with Crippen molar-refractivity contribution < 1.29 is 13.5 Å². The molecule has 1 fully saturated rings. The molecule has 0 radical (unpaired) electrons. The van der Waals surface area contributed by atoms with Crippen molar-refractivity contribution in [3.05, 3.63) is 29.8 Å². The molecular weight excluding hydrogens is 260 g/mol. The first-order valence-electron chi connectivity index (χ1n) is 7.08. The van der Waals surface area contributed by atoms with Gasteiger partial charge in [0.05, 0.1) is 10.1 Å². The molecule has 1 aliphatic rings. The average molecular weight is 282 g/mol. The Morgan fingerprint density at radius 2 is 1.68 bits per heavy atom. The summed E-state index contributed by atoms with van der Waals surface area (Å²) < 4.78 is 24.7. The average Bonchev–Trinajstić information content (AvgIpc) is 2.94. The Labute approximate surface area is 115 Å². The first-order chi connectivity index (χ1) is 9.14. The molecule has 0 bridgehead atoms. The fourth-order valence-electron chi connectivity index (χ4n) is 2.68. The third kappa shape index (κ3) is 3.57. The second-order valence-corrected chi connectivity index (χ2v) is 7.50. The highest BCUT2D eigenvalue weighted by atomic mass is 32.2. The molecule has 1 aliphatic carbocycles. The number of sulfone groups is 1. The Hall–Kier alpha value is -0.870. The first kappa shape index (κ1) is 14.5. The Bertz CT molecular complexity index is 485. The number of hydrogen-bond acceptors (Lipinski definition) is 3. The van der Waals surface area contributed by atoms with Crippen molar-refractivity contribution in [2.24, 2.45) is 0 Å². The Kier molecular flexibility index (Phi) is 4.99. The summed E-state index contributed by atoms with van der Waals surface area (Å²) in [6.07, 6.45) is 6.30. The summed E-state index contributed by atoms with van der Waals surface area (Å²) in [6, 6.07) is 7.28. The lowest BCUT2D eigenvalue weighted by molar-refractivity contribution is 0.284. The first-order valence-corrected chi connectivity index (χ1v) is 8.63. The molecule has 0 atom stereocenters. The Morgan fingerprint density at radius 1 is 1.05 bits per heavy atom. The van der Waals surface area contributed by atoms with Gasteiger partial charge in [-0.3, -0.25) is 0 Å². The number of unbranched alkanes of at least 4 members (excludes halogenated alkanes) is 1. The van der Waals surface area contributed by atoms with Gasteiger partial charge in [-0.15, -0.1) is 0 Å². The van der Waals surface area contributed by atoms with Crippen LogP contribution >= 0.6 is 0 Å². The van der Waals surface area contributed by atoms with E-state index in [0.717, 1.165) is 50.5 Å². The van der Waals surface area contributed by atoms with Gasteiger partial charge in [0.15, 0.2) is 9.84 Å². The van der Waals surface area contributed by atoms with Crippen molar-refractivity contribution in [2.45, 2.75) is 55.1 Å². The minimum Gasteiger partial charge on any atom is -0.396 e. The van der Waals surface area contributed by atoms with E-state index in [1.807, 2.05) is 12.1 Å². The van der Waals surface area contributed by atoms with E-state index < -0.39 is 9.84 Å². The van der Waals surface area contributed by atoms with Gasteiger partial charge in [0, 0.05) is 6.61 Å².